The monoisotopic (exact) mass is 323 g/mol. The highest BCUT2D eigenvalue weighted by atomic mass is 32.1. The van der Waals surface area contributed by atoms with Crippen LogP contribution in [0.4, 0.5) is 10.8 Å². The van der Waals surface area contributed by atoms with Gasteiger partial charge in [0, 0.05) is 11.6 Å². The van der Waals surface area contributed by atoms with Gasteiger partial charge in [-0.15, -0.1) is 0 Å². The number of nitrogens with two attached hydrogens (primary N) is 1. The molecule has 1 amide bonds. The fraction of sp³-hybridized carbons (Fsp3) is 0.222. The van der Waals surface area contributed by atoms with Gasteiger partial charge in [-0.05, 0) is 60.7 Å². The molecule has 0 atom stereocenters. The van der Waals surface area contributed by atoms with Crippen LogP contribution in [-0.4, -0.2) is 10.9 Å². The number of aromatic nitrogens is 1. The van der Waals surface area contributed by atoms with Gasteiger partial charge in [0.2, 0.25) is 5.91 Å². The number of benzene rings is 2. The maximum absolute atomic E-state index is 11.9. The van der Waals surface area contributed by atoms with E-state index in [1.807, 2.05) is 24.3 Å². The molecule has 1 fully saturated rings. The molecule has 3 N–H and O–H groups in total. The van der Waals surface area contributed by atoms with Gasteiger partial charge in [0.15, 0.2) is 5.13 Å². The van der Waals surface area contributed by atoms with Crippen molar-refractivity contribution in [2.45, 2.75) is 19.8 Å². The summed E-state index contributed by atoms with van der Waals surface area (Å²) in [7, 11) is 0. The highest BCUT2D eigenvalue weighted by Crippen LogP contribution is 2.34. The lowest BCUT2D eigenvalue weighted by Crippen LogP contribution is -2.12. The number of hydrogen-bond donors (Lipinski definition) is 2. The third-order valence-electron chi connectivity index (χ3n) is 4.14. The van der Waals surface area contributed by atoms with Crippen molar-refractivity contribution in [1.82, 2.24) is 4.98 Å². The highest BCUT2D eigenvalue weighted by Gasteiger charge is 2.30. The van der Waals surface area contributed by atoms with Crippen LogP contribution in [0.15, 0.2) is 36.4 Å². The van der Waals surface area contributed by atoms with Crippen molar-refractivity contribution in [2.75, 3.05) is 11.1 Å². The summed E-state index contributed by atoms with van der Waals surface area (Å²) < 4.78 is 1.07. The third kappa shape index (κ3) is 2.80. The van der Waals surface area contributed by atoms with Crippen LogP contribution in [0.1, 0.15) is 18.4 Å². The number of aryl methyl sites for hydroxylation is 1. The van der Waals surface area contributed by atoms with Crippen LogP contribution in [0.25, 0.3) is 21.3 Å². The number of anilines is 2. The summed E-state index contributed by atoms with van der Waals surface area (Å²) in [5.74, 6) is 0.281. The van der Waals surface area contributed by atoms with E-state index in [2.05, 4.69) is 29.4 Å². The Kier molecular flexibility index (Phi) is 3.31. The molecule has 1 saturated carbocycles. The number of thiazole rings is 1. The van der Waals surface area contributed by atoms with Crippen molar-refractivity contribution in [3.8, 4) is 11.1 Å². The molecule has 116 valence electrons. The van der Waals surface area contributed by atoms with Crippen molar-refractivity contribution in [3.63, 3.8) is 0 Å². The van der Waals surface area contributed by atoms with E-state index < -0.39 is 0 Å². The van der Waals surface area contributed by atoms with E-state index in [1.54, 1.807) is 0 Å². The molecule has 1 aromatic heterocycles. The van der Waals surface area contributed by atoms with Gasteiger partial charge in [0.05, 0.1) is 10.2 Å². The molecule has 4 rings (SSSR count). The lowest BCUT2D eigenvalue weighted by molar-refractivity contribution is -0.117. The molecule has 0 spiro atoms. The van der Waals surface area contributed by atoms with Crippen LogP contribution in [0.5, 0.6) is 0 Å². The van der Waals surface area contributed by atoms with Crippen LogP contribution in [0, 0.1) is 12.8 Å². The molecule has 1 aliphatic rings. The fourth-order valence-electron chi connectivity index (χ4n) is 2.65. The Bertz CT molecular complexity index is 912. The number of hydrogen-bond acceptors (Lipinski definition) is 4. The maximum atomic E-state index is 11.9. The number of carbonyl (C=O) groups excluding carboxylic acids is 1. The van der Waals surface area contributed by atoms with E-state index in [4.69, 9.17) is 5.73 Å². The Morgan fingerprint density at radius 3 is 2.87 bits per heavy atom. The molecular formula is C18H17N3OS. The van der Waals surface area contributed by atoms with Crippen molar-refractivity contribution in [3.05, 3.63) is 42.0 Å². The second kappa shape index (κ2) is 5.35. The number of fused-ring (bicyclic) bond motifs is 1. The number of rotatable bonds is 3. The molecule has 1 aliphatic carbocycles. The van der Waals surface area contributed by atoms with E-state index in [0.29, 0.717) is 5.13 Å². The number of nitrogens with one attached hydrogen (secondary N) is 1. The molecule has 4 nitrogen and oxygen atoms in total. The number of nitrogen functional groups attached to an aromatic ring is 1. The summed E-state index contributed by atoms with van der Waals surface area (Å²) in [5.41, 5.74) is 11.0. The Morgan fingerprint density at radius 2 is 2.09 bits per heavy atom. The first-order valence-corrected chi connectivity index (χ1v) is 8.50. The highest BCUT2D eigenvalue weighted by molar-refractivity contribution is 7.22. The first-order valence-electron chi connectivity index (χ1n) is 7.68. The predicted octanol–water partition coefficient (Wildman–Crippen LogP) is 4.20. The van der Waals surface area contributed by atoms with E-state index in [0.717, 1.165) is 39.9 Å². The smallest absolute Gasteiger partial charge is 0.229 e. The number of carbonyl (C=O) groups is 1. The Hall–Kier alpha value is -2.40. The molecule has 5 heteroatoms. The average Bonchev–Trinajstić information content (AvgIpc) is 3.30. The van der Waals surface area contributed by atoms with Gasteiger partial charge >= 0.3 is 0 Å². The molecular weight excluding hydrogens is 306 g/mol. The number of nitrogens with zero attached hydrogens (tertiary/aromatic N) is 1. The van der Waals surface area contributed by atoms with Gasteiger partial charge in [0.25, 0.3) is 0 Å². The second-order valence-corrected chi connectivity index (χ2v) is 7.07. The van der Waals surface area contributed by atoms with Crippen LogP contribution in [0.3, 0.4) is 0 Å². The van der Waals surface area contributed by atoms with Crippen LogP contribution >= 0.6 is 11.3 Å². The zero-order valence-electron chi connectivity index (χ0n) is 12.8. The molecule has 0 unspecified atom stereocenters. The maximum Gasteiger partial charge on any atom is 0.229 e. The topological polar surface area (TPSA) is 68.0 Å². The molecule has 0 bridgehead atoms. The molecule has 0 radical (unpaired) electrons. The van der Waals surface area contributed by atoms with Crippen LogP contribution in [-0.2, 0) is 4.79 Å². The summed E-state index contributed by atoms with van der Waals surface area (Å²) in [6, 6.07) is 12.1. The third-order valence-corrected chi connectivity index (χ3v) is 5.07. The van der Waals surface area contributed by atoms with Crippen LogP contribution in [0.2, 0.25) is 0 Å². The normalized spacial score (nSPS) is 14.1. The summed E-state index contributed by atoms with van der Waals surface area (Å²) in [4.78, 5) is 16.4. The summed E-state index contributed by atoms with van der Waals surface area (Å²) >= 11 is 1.52. The van der Waals surface area contributed by atoms with Crippen LogP contribution < -0.4 is 11.1 Å². The SMILES string of the molecule is Cc1ccc(N)cc1-c1ccc2nc(NC(=O)C3CC3)sc2c1. The van der Waals surface area contributed by atoms with Gasteiger partial charge in [-0.2, -0.15) is 0 Å². The van der Waals surface area contributed by atoms with Crippen molar-refractivity contribution >= 4 is 38.3 Å². The second-order valence-electron chi connectivity index (χ2n) is 6.04. The van der Waals surface area contributed by atoms with Gasteiger partial charge in [-0.1, -0.05) is 23.5 Å². The Morgan fingerprint density at radius 1 is 1.26 bits per heavy atom. The minimum absolute atomic E-state index is 0.0935. The van der Waals surface area contributed by atoms with Crippen molar-refractivity contribution in [2.24, 2.45) is 5.92 Å². The molecule has 3 aromatic rings. The molecule has 23 heavy (non-hydrogen) atoms. The van der Waals surface area contributed by atoms with E-state index >= 15 is 0 Å². The zero-order chi connectivity index (χ0) is 16.0. The van der Waals surface area contributed by atoms with Gasteiger partial charge in [-0.3, -0.25) is 4.79 Å². The molecule has 1 heterocycles. The van der Waals surface area contributed by atoms with Crippen molar-refractivity contribution in [1.29, 1.82) is 0 Å². The zero-order valence-corrected chi connectivity index (χ0v) is 13.6. The first-order chi connectivity index (χ1) is 11.1. The van der Waals surface area contributed by atoms with Gasteiger partial charge in [0.1, 0.15) is 0 Å². The predicted molar refractivity (Wildman–Crippen MR) is 95.6 cm³/mol. The van der Waals surface area contributed by atoms with Crippen molar-refractivity contribution < 1.29 is 4.79 Å². The summed E-state index contributed by atoms with van der Waals surface area (Å²) in [6.07, 6.45) is 1.99. The van der Waals surface area contributed by atoms with E-state index in [-0.39, 0.29) is 11.8 Å². The largest absolute Gasteiger partial charge is 0.399 e. The quantitative estimate of drug-likeness (QED) is 0.710. The van der Waals surface area contributed by atoms with E-state index in [9.17, 15) is 4.79 Å². The lowest BCUT2D eigenvalue weighted by atomic mass is 10.00. The Balaban J connectivity index is 1.69. The minimum atomic E-state index is 0.0935. The standard InChI is InChI=1S/C18H17N3OS/c1-10-2-6-13(19)9-14(10)12-5-7-15-16(8-12)23-18(20-15)21-17(22)11-3-4-11/h2,5-9,11H,3-4,19H2,1H3,(H,20,21,22). The molecule has 0 aliphatic heterocycles. The summed E-state index contributed by atoms with van der Waals surface area (Å²) in [6.45, 7) is 2.08. The van der Waals surface area contributed by atoms with Gasteiger partial charge < -0.3 is 11.1 Å². The van der Waals surface area contributed by atoms with Gasteiger partial charge in [-0.25, -0.2) is 4.98 Å². The lowest BCUT2D eigenvalue weighted by Gasteiger charge is -2.07. The molecule has 0 saturated heterocycles. The Labute approximate surface area is 138 Å². The number of amides is 1. The minimum Gasteiger partial charge on any atom is -0.399 e. The molecule has 2 aromatic carbocycles. The first kappa shape index (κ1) is 14.2. The van der Waals surface area contributed by atoms with E-state index in [1.165, 1.54) is 16.9 Å². The fourth-order valence-corrected chi connectivity index (χ4v) is 3.56. The average molecular weight is 323 g/mol. The summed E-state index contributed by atoms with van der Waals surface area (Å²) in [5, 5.41) is 3.60.